The number of hydrogen-bond acceptors (Lipinski definition) is 7. The molecule has 3 rings (SSSR count). The Bertz CT molecular complexity index is 1050. The van der Waals surface area contributed by atoms with Crippen LogP contribution in [0.5, 0.6) is 0 Å². The van der Waals surface area contributed by atoms with Gasteiger partial charge in [0.2, 0.25) is 0 Å². The van der Waals surface area contributed by atoms with Crippen molar-refractivity contribution in [2.75, 3.05) is 34.7 Å². The molecule has 2 heterocycles. The van der Waals surface area contributed by atoms with Crippen molar-refractivity contribution in [1.82, 2.24) is 5.32 Å². The van der Waals surface area contributed by atoms with Crippen molar-refractivity contribution in [2.24, 2.45) is 0 Å². The number of nitrogens with zero attached hydrogens (tertiary/aromatic N) is 1. The van der Waals surface area contributed by atoms with Gasteiger partial charge >= 0.3 is 11.8 Å². The summed E-state index contributed by atoms with van der Waals surface area (Å²) in [7, 11) is -3.69. The Labute approximate surface area is 190 Å². The number of aliphatic hydroxyl groups is 1. The number of fused-ring (bicyclic) bond motifs is 1. The molecule has 3 N–H and O–H groups in total. The largest absolute Gasteiger partial charge is 0.387 e. The number of thioether (sulfide) groups is 1. The Balaban J connectivity index is 1.75. The maximum Gasteiger partial charge on any atom is 0.313 e. The Kier molecular flexibility index (Phi) is 7.30. The summed E-state index contributed by atoms with van der Waals surface area (Å²) < 4.78 is 27.7. The summed E-state index contributed by atoms with van der Waals surface area (Å²) >= 11 is 2.58. The summed E-state index contributed by atoms with van der Waals surface area (Å²) in [4.78, 5) is 24.4. The number of rotatable bonds is 7. The molecule has 1 aliphatic heterocycles. The summed E-state index contributed by atoms with van der Waals surface area (Å²) in [5.41, 5.74) is 0.559. The van der Waals surface area contributed by atoms with Crippen LogP contribution in [0.4, 0.5) is 11.4 Å². The number of carbonyl (C=O) groups excluding carboxylic acids is 2. The molecule has 1 aromatic heterocycles. The van der Waals surface area contributed by atoms with Gasteiger partial charge in [-0.3, -0.25) is 13.9 Å². The third kappa shape index (κ3) is 5.59. The van der Waals surface area contributed by atoms with Crippen LogP contribution in [0.25, 0.3) is 0 Å². The van der Waals surface area contributed by atoms with Gasteiger partial charge in [0, 0.05) is 24.5 Å². The van der Waals surface area contributed by atoms with Crippen LogP contribution in [0.15, 0.2) is 39.9 Å². The van der Waals surface area contributed by atoms with Crippen molar-refractivity contribution in [3.05, 3.63) is 41.3 Å². The minimum Gasteiger partial charge on any atom is -0.387 e. The Morgan fingerprint density at radius 1 is 1.29 bits per heavy atom. The van der Waals surface area contributed by atoms with Crippen LogP contribution in [-0.4, -0.2) is 56.0 Å². The summed E-state index contributed by atoms with van der Waals surface area (Å²) in [6.45, 7) is 1.86. The van der Waals surface area contributed by atoms with Gasteiger partial charge in [0.15, 0.2) is 0 Å². The van der Waals surface area contributed by atoms with Crippen LogP contribution in [0.1, 0.15) is 18.9 Å². The van der Waals surface area contributed by atoms with Crippen LogP contribution < -0.4 is 14.9 Å². The van der Waals surface area contributed by atoms with Gasteiger partial charge in [-0.15, -0.1) is 11.3 Å². The molecule has 8 nitrogen and oxygen atoms in total. The van der Waals surface area contributed by atoms with Crippen molar-refractivity contribution in [3.63, 3.8) is 0 Å². The topological polar surface area (TPSA) is 116 Å². The van der Waals surface area contributed by atoms with E-state index >= 15 is 0 Å². The molecule has 1 atom stereocenters. The monoisotopic (exact) mass is 483 g/mol. The Hall–Kier alpha value is -2.08. The number of aryl methyl sites for hydroxylation is 1. The lowest BCUT2D eigenvalue weighted by Crippen LogP contribution is -2.45. The van der Waals surface area contributed by atoms with Crippen LogP contribution in [0.2, 0.25) is 0 Å². The zero-order valence-corrected chi connectivity index (χ0v) is 19.7. The fourth-order valence-electron chi connectivity index (χ4n) is 3.29. The molecule has 31 heavy (non-hydrogen) atoms. The number of hydrogen-bond donors (Lipinski definition) is 3. The molecule has 2 aromatic rings. The van der Waals surface area contributed by atoms with E-state index in [1.165, 1.54) is 16.1 Å². The average Bonchev–Trinajstić information content (AvgIpc) is 3.27. The highest BCUT2D eigenvalue weighted by molar-refractivity contribution is 7.98. The van der Waals surface area contributed by atoms with Crippen molar-refractivity contribution < 1.29 is 23.1 Å². The van der Waals surface area contributed by atoms with E-state index in [2.05, 4.69) is 10.6 Å². The SMILES string of the molecule is CSCC(C)(O)CNC(=O)C(=O)Nc1ccc2c(c1)N(S(=O)(=O)c1cccs1)CCC2. The lowest BCUT2D eigenvalue weighted by atomic mass is 10.0. The van der Waals surface area contributed by atoms with Gasteiger partial charge in [0.25, 0.3) is 10.0 Å². The zero-order chi connectivity index (χ0) is 22.6. The molecule has 0 saturated carbocycles. The normalized spacial score (nSPS) is 15.6. The van der Waals surface area contributed by atoms with E-state index in [0.29, 0.717) is 30.1 Å². The molecule has 1 unspecified atom stereocenters. The third-order valence-electron chi connectivity index (χ3n) is 4.75. The van der Waals surface area contributed by atoms with E-state index in [1.54, 1.807) is 42.6 Å². The first-order chi connectivity index (χ1) is 14.6. The number of benzene rings is 1. The highest BCUT2D eigenvalue weighted by Gasteiger charge is 2.30. The molecule has 1 aliphatic rings. The predicted molar refractivity (Wildman–Crippen MR) is 124 cm³/mol. The number of anilines is 2. The molecule has 0 saturated heterocycles. The second-order valence-electron chi connectivity index (χ2n) is 7.52. The summed E-state index contributed by atoms with van der Waals surface area (Å²) in [6.07, 6.45) is 3.26. The fraction of sp³-hybridized carbons (Fsp3) is 0.400. The number of sulfonamides is 1. The molecule has 0 bridgehead atoms. The summed E-state index contributed by atoms with van der Waals surface area (Å²) in [6, 6.07) is 8.25. The Morgan fingerprint density at radius 3 is 2.74 bits per heavy atom. The molecular formula is C20H25N3O5S3. The average molecular weight is 484 g/mol. The molecule has 11 heteroatoms. The van der Waals surface area contributed by atoms with E-state index in [9.17, 15) is 23.1 Å². The zero-order valence-electron chi connectivity index (χ0n) is 17.3. The minimum absolute atomic E-state index is 0.0584. The van der Waals surface area contributed by atoms with Gasteiger partial charge in [0.05, 0.1) is 11.3 Å². The van der Waals surface area contributed by atoms with E-state index in [4.69, 9.17) is 0 Å². The van der Waals surface area contributed by atoms with Crippen molar-refractivity contribution in [2.45, 2.75) is 29.6 Å². The standard InChI is InChI=1S/C20H25N3O5S3/c1-20(26,13-29-2)12-21-18(24)19(25)22-15-8-7-14-5-3-9-23(16(14)11-15)31(27,28)17-6-4-10-30-17/h4,6-8,10-11,26H,3,5,9,12-13H2,1-2H3,(H,21,24)(H,22,25). The molecule has 0 radical (unpaired) electrons. The molecule has 0 aliphatic carbocycles. The van der Waals surface area contributed by atoms with Gasteiger partial charge in [-0.25, -0.2) is 8.42 Å². The molecule has 0 fully saturated rings. The number of nitrogens with one attached hydrogen (secondary N) is 2. The molecular weight excluding hydrogens is 458 g/mol. The number of thiophene rings is 1. The van der Waals surface area contributed by atoms with Gasteiger partial charge in [-0.05, 0) is 55.2 Å². The molecule has 1 aromatic carbocycles. The van der Waals surface area contributed by atoms with Gasteiger partial charge in [-0.2, -0.15) is 11.8 Å². The molecule has 2 amide bonds. The van der Waals surface area contributed by atoms with Crippen LogP contribution in [0.3, 0.4) is 0 Å². The van der Waals surface area contributed by atoms with E-state index in [0.717, 1.165) is 23.3 Å². The lowest BCUT2D eigenvalue weighted by molar-refractivity contribution is -0.136. The third-order valence-corrected chi connectivity index (χ3v) is 8.85. The number of carbonyl (C=O) groups is 2. The smallest absolute Gasteiger partial charge is 0.313 e. The van der Waals surface area contributed by atoms with Crippen molar-refractivity contribution in [3.8, 4) is 0 Å². The first-order valence-electron chi connectivity index (χ1n) is 9.64. The second kappa shape index (κ2) is 9.60. The fourth-order valence-corrected chi connectivity index (χ4v) is 6.65. The van der Waals surface area contributed by atoms with Crippen molar-refractivity contribution in [1.29, 1.82) is 0 Å². The summed E-state index contributed by atoms with van der Waals surface area (Å²) in [5.74, 6) is -1.35. The first kappa shape index (κ1) is 23.6. The number of amides is 2. The minimum atomic E-state index is -3.69. The summed E-state index contributed by atoms with van der Waals surface area (Å²) in [5, 5.41) is 16.8. The van der Waals surface area contributed by atoms with E-state index < -0.39 is 27.4 Å². The first-order valence-corrected chi connectivity index (χ1v) is 13.3. The second-order valence-corrected chi connectivity index (χ2v) is 11.4. The lowest BCUT2D eigenvalue weighted by Gasteiger charge is -2.30. The maximum atomic E-state index is 13.0. The quantitative estimate of drug-likeness (QED) is 0.519. The van der Waals surface area contributed by atoms with Gasteiger partial charge < -0.3 is 15.7 Å². The van der Waals surface area contributed by atoms with Crippen LogP contribution in [-0.2, 0) is 26.0 Å². The highest BCUT2D eigenvalue weighted by atomic mass is 32.2. The van der Waals surface area contributed by atoms with E-state index in [-0.39, 0.29) is 10.8 Å². The van der Waals surface area contributed by atoms with E-state index in [1.807, 2.05) is 6.26 Å². The maximum absolute atomic E-state index is 13.0. The van der Waals surface area contributed by atoms with Crippen molar-refractivity contribution >= 4 is 56.3 Å². The van der Waals surface area contributed by atoms with Gasteiger partial charge in [-0.1, -0.05) is 12.1 Å². The van der Waals surface area contributed by atoms with Crippen LogP contribution >= 0.6 is 23.1 Å². The Morgan fingerprint density at radius 2 is 2.06 bits per heavy atom. The van der Waals surface area contributed by atoms with Crippen LogP contribution in [0, 0.1) is 0 Å². The predicted octanol–water partition coefficient (Wildman–Crippen LogP) is 2.06. The molecule has 0 spiro atoms. The highest BCUT2D eigenvalue weighted by Crippen LogP contribution is 2.35. The molecule has 168 valence electrons. The van der Waals surface area contributed by atoms with Gasteiger partial charge in [0.1, 0.15) is 4.21 Å².